The molecule has 0 aromatic carbocycles. The summed E-state index contributed by atoms with van der Waals surface area (Å²) in [7, 11) is 0. The monoisotopic (exact) mass is 192 g/mol. The number of hydrogen-bond acceptors (Lipinski definition) is 3. The highest BCUT2D eigenvalue weighted by Crippen LogP contribution is 2.19. The van der Waals surface area contributed by atoms with E-state index in [0.717, 1.165) is 30.9 Å². The summed E-state index contributed by atoms with van der Waals surface area (Å²) in [5, 5.41) is 9.66. The molecule has 2 rings (SSSR count). The number of aromatic nitrogens is 1. The van der Waals surface area contributed by atoms with E-state index in [9.17, 15) is 5.11 Å². The standard InChI is InChI=1S/C11H16N2O/c1-9-6-11(14)10(12-7-9)8-13-4-2-3-5-13/h6-7,14H,2-5,8H2,1H3. The van der Waals surface area contributed by atoms with Crippen molar-refractivity contribution < 1.29 is 5.11 Å². The molecule has 0 atom stereocenters. The van der Waals surface area contributed by atoms with E-state index in [2.05, 4.69) is 9.88 Å². The van der Waals surface area contributed by atoms with E-state index in [1.807, 2.05) is 13.1 Å². The predicted molar refractivity (Wildman–Crippen MR) is 55.1 cm³/mol. The highest BCUT2D eigenvalue weighted by atomic mass is 16.3. The van der Waals surface area contributed by atoms with Crippen LogP contribution in [0.1, 0.15) is 24.1 Å². The summed E-state index contributed by atoms with van der Waals surface area (Å²) in [5.41, 5.74) is 1.81. The van der Waals surface area contributed by atoms with Crippen LogP contribution in [-0.2, 0) is 6.54 Å². The Morgan fingerprint density at radius 2 is 2.14 bits per heavy atom. The molecule has 1 aliphatic heterocycles. The second kappa shape index (κ2) is 3.96. The minimum Gasteiger partial charge on any atom is -0.506 e. The van der Waals surface area contributed by atoms with Crippen LogP contribution in [-0.4, -0.2) is 28.1 Å². The van der Waals surface area contributed by atoms with Crippen LogP contribution in [0.15, 0.2) is 12.3 Å². The van der Waals surface area contributed by atoms with Gasteiger partial charge in [-0.2, -0.15) is 0 Å². The van der Waals surface area contributed by atoms with Crippen molar-refractivity contribution in [1.82, 2.24) is 9.88 Å². The molecule has 3 heteroatoms. The van der Waals surface area contributed by atoms with Crippen LogP contribution in [0.2, 0.25) is 0 Å². The Balaban J connectivity index is 2.08. The van der Waals surface area contributed by atoms with Gasteiger partial charge in [-0.1, -0.05) is 0 Å². The van der Waals surface area contributed by atoms with Gasteiger partial charge < -0.3 is 5.11 Å². The second-order valence-corrected chi connectivity index (χ2v) is 3.96. The maximum Gasteiger partial charge on any atom is 0.138 e. The minimum absolute atomic E-state index is 0.330. The van der Waals surface area contributed by atoms with Crippen LogP contribution in [0.25, 0.3) is 0 Å². The fourth-order valence-electron chi connectivity index (χ4n) is 1.86. The fourth-order valence-corrected chi connectivity index (χ4v) is 1.86. The molecule has 1 aliphatic rings. The van der Waals surface area contributed by atoms with E-state index in [4.69, 9.17) is 0 Å². The van der Waals surface area contributed by atoms with Crippen LogP contribution in [0.3, 0.4) is 0 Å². The van der Waals surface area contributed by atoms with Gasteiger partial charge in [-0.25, -0.2) is 0 Å². The zero-order valence-electron chi connectivity index (χ0n) is 8.53. The number of aryl methyl sites for hydroxylation is 1. The van der Waals surface area contributed by atoms with Crippen LogP contribution >= 0.6 is 0 Å². The van der Waals surface area contributed by atoms with Gasteiger partial charge in [-0.05, 0) is 44.5 Å². The summed E-state index contributed by atoms with van der Waals surface area (Å²) in [6.07, 6.45) is 4.35. The molecular formula is C11H16N2O. The summed E-state index contributed by atoms with van der Waals surface area (Å²) in [5.74, 6) is 0.330. The smallest absolute Gasteiger partial charge is 0.138 e. The molecule has 0 spiro atoms. The van der Waals surface area contributed by atoms with Crippen molar-refractivity contribution >= 4 is 0 Å². The lowest BCUT2D eigenvalue weighted by atomic mass is 10.2. The number of rotatable bonds is 2. The van der Waals surface area contributed by atoms with Gasteiger partial charge in [0.1, 0.15) is 5.75 Å². The normalized spacial score (nSPS) is 17.5. The van der Waals surface area contributed by atoms with Gasteiger partial charge in [-0.15, -0.1) is 0 Å². The van der Waals surface area contributed by atoms with Crippen molar-refractivity contribution in [3.63, 3.8) is 0 Å². The molecule has 1 fully saturated rings. The summed E-state index contributed by atoms with van der Waals surface area (Å²) in [6, 6.07) is 1.78. The maximum atomic E-state index is 9.66. The molecule has 0 bridgehead atoms. The Labute approximate surface area is 84.4 Å². The van der Waals surface area contributed by atoms with E-state index in [0.29, 0.717) is 5.75 Å². The molecule has 0 unspecified atom stereocenters. The number of hydrogen-bond donors (Lipinski definition) is 1. The van der Waals surface area contributed by atoms with E-state index in [1.54, 1.807) is 6.07 Å². The van der Waals surface area contributed by atoms with Crippen LogP contribution in [0.5, 0.6) is 5.75 Å². The summed E-state index contributed by atoms with van der Waals surface area (Å²) < 4.78 is 0. The van der Waals surface area contributed by atoms with Crippen molar-refractivity contribution in [3.05, 3.63) is 23.5 Å². The molecule has 0 saturated carbocycles. The fraction of sp³-hybridized carbons (Fsp3) is 0.545. The molecule has 2 heterocycles. The Morgan fingerprint density at radius 1 is 1.43 bits per heavy atom. The van der Waals surface area contributed by atoms with Crippen molar-refractivity contribution in [2.45, 2.75) is 26.3 Å². The first-order valence-electron chi connectivity index (χ1n) is 5.12. The van der Waals surface area contributed by atoms with Crippen molar-refractivity contribution in [2.24, 2.45) is 0 Å². The molecule has 1 aromatic heterocycles. The minimum atomic E-state index is 0.330. The summed E-state index contributed by atoms with van der Waals surface area (Å²) >= 11 is 0. The summed E-state index contributed by atoms with van der Waals surface area (Å²) in [4.78, 5) is 6.58. The molecule has 0 amide bonds. The largest absolute Gasteiger partial charge is 0.506 e. The maximum absolute atomic E-state index is 9.66. The van der Waals surface area contributed by atoms with Gasteiger partial charge >= 0.3 is 0 Å². The molecule has 76 valence electrons. The number of likely N-dealkylation sites (tertiary alicyclic amines) is 1. The first-order chi connectivity index (χ1) is 6.75. The number of aromatic hydroxyl groups is 1. The van der Waals surface area contributed by atoms with Crippen LogP contribution in [0, 0.1) is 6.92 Å². The van der Waals surface area contributed by atoms with Gasteiger partial charge in [0.15, 0.2) is 0 Å². The van der Waals surface area contributed by atoms with E-state index in [-0.39, 0.29) is 0 Å². The zero-order chi connectivity index (χ0) is 9.97. The van der Waals surface area contributed by atoms with E-state index >= 15 is 0 Å². The molecule has 14 heavy (non-hydrogen) atoms. The zero-order valence-corrected chi connectivity index (χ0v) is 8.53. The Bertz CT molecular complexity index is 319. The summed E-state index contributed by atoms with van der Waals surface area (Å²) in [6.45, 7) is 4.99. The number of nitrogens with zero attached hydrogens (tertiary/aromatic N) is 2. The van der Waals surface area contributed by atoms with Crippen molar-refractivity contribution in [3.8, 4) is 5.75 Å². The molecule has 1 N–H and O–H groups in total. The average Bonchev–Trinajstić information content (AvgIpc) is 2.62. The molecule has 3 nitrogen and oxygen atoms in total. The van der Waals surface area contributed by atoms with Gasteiger partial charge in [-0.3, -0.25) is 9.88 Å². The Kier molecular flexibility index (Phi) is 2.68. The van der Waals surface area contributed by atoms with Crippen LogP contribution < -0.4 is 0 Å². The lowest BCUT2D eigenvalue weighted by Gasteiger charge is -2.14. The highest BCUT2D eigenvalue weighted by Gasteiger charge is 2.14. The van der Waals surface area contributed by atoms with Crippen molar-refractivity contribution in [2.75, 3.05) is 13.1 Å². The third-order valence-electron chi connectivity index (χ3n) is 2.66. The molecular weight excluding hydrogens is 176 g/mol. The lowest BCUT2D eigenvalue weighted by molar-refractivity contribution is 0.319. The van der Waals surface area contributed by atoms with E-state index < -0.39 is 0 Å². The predicted octanol–water partition coefficient (Wildman–Crippen LogP) is 1.69. The lowest BCUT2D eigenvalue weighted by Crippen LogP contribution is -2.19. The highest BCUT2D eigenvalue weighted by molar-refractivity contribution is 5.29. The van der Waals surface area contributed by atoms with Gasteiger partial charge in [0.05, 0.1) is 5.69 Å². The Hall–Kier alpha value is -1.09. The quantitative estimate of drug-likeness (QED) is 0.774. The first kappa shape index (κ1) is 9.46. The van der Waals surface area contributed by atoms with Gasteiger partial charge in [0.25, 0.3) is 0 Å². The van der Waals surface area contributed by atoms with Crippen LogP contribution in [0.4, 0.5) is 0 Å². The SMILES string of the molecule is Cc1cnc(CN2CCCC2)c(O)c1. The number of pyridine rings is 1. The molecule has 1 aromatic rings. The third kappa shape index (κ3) is 2.04. The first-order valence-corrected chi connectivity index (χ1v) is 5.12. The second-order valence-electron chi connectivity index (χ2n) is 3.96. The van der Waals surface area contributed by atoms with Gasteiger partial charge in [0, 0.05) is 12.7 Å². The van der Waals surface area contributed by atoms with Crippen molar-refractivity contribution in [1.29, 1.82) is 0 Å². The molecule has 1 saturated heterocycles. The van der Waals surface area contributed by atoms with E-state index in [1.165, 1.54) is 12.8 Å². The average molecular weight is 192 g/mol. The van der Waals surface area contributed by atoms with Gasteiger partial charge in [0.2, 0.25) is 0 Å². The third-order valence-corrected chi connectivity index (χ3v) is 2.66. The topological polar surface area (TPSA) is 36.4 Å². The molecule has 0 aliphatic carbocycles. The molecule has 0 radical (unpaired) electrons. The Morgan fingerprint density at radius 3 is 2.79 bits per heavy atom.